The van der Waals surface area contributed by atoms with Gasteiger partial charge in [-0.15, -0.1) is 0 Å². The maximum absolute atomic E-state index is 11.7. The third-order valence-corrected chi connectivity index (χ3v) is 2.82. The molecular formula is C10H18N2O3. The average Bonchev–Trinajstić information content (AvgIpc) is 2.15. The molecule has 0 aliphatic carbocycles. The number of ether oxygens (including phenoxy) is 1. The third-order valence-electron chi connectivity index (χ3n) is 2.82. The van der Waals surface area contributed by atoms with E-state index in [2.05, 4.69) is 5.32 Å². The first-order chi connectivity index (χ1) is 7.07. The molecule has 1 unspecified atom stereocenters. The summed E-state index contributed by atoms with van der Waals surface area (Å²) in [7, 11) is 0. The molecule has 15 heavy (non-hydrogen) atoms. The second-order valence-corrected chi connectivity index (χ2v) is 4.65. The van der Waals surface area contributed by atoms with E-state index in [-0.39, 0.29) is 12.0 Å². The average molecular weight is 214 g/mol. The van der Waals surface area contributed by atoms with Crippen LogP contribution in [-0.4, -0.2) is 60.4 Å². The van der Waals surface area contributed by atoms with Crippen LogP contribution in [0.25, 0.3) is 0 Å². The molecule has 1 amide bonds. The SMILES string of the molecule is CC1(O)CN(C(=O)CC2CNCCO2)C1. The Morgan fingerprint density at radius 1 is 1.67 bits per heavy atom. The second-order valence-electron chi connectivity index (χ2n) is 4.65. The van der Waals surface area contributed by atoms with Gasteiger partial charge in [0.15, 0.2) is 0 Å². The summed E-state index contributed by atoms with van der Waals surface area (Å²) in [6.07, 6.45) is 0.417. The predicted octanol–water partition coefficient (Wildman–Crippen LogP) is -1.04. The highest BCUT2D eigenvalue weighted by atomic mass is 16.5. The molecule has 2 saturated heterocycles. The highest BCUT2D eigenvalue weighted by Crippen LogP contribution is 2.21. The van der Waals surface area contributed by atoms with Gasteiger partial charge in [-0.1, -0.05) is 0 Å². The van der Waals surface area contributed by atoms with Crippen LogP contribution >= 0.6 is 0 Å². The van der Waals surface area contributed by atoms with Crippen molar-refractivity contribution >= 4 is 5.91 Å². The number of nitrogens with one attached hydrogen (secondary N) is 1. The number of aliphatic hydroxyl groups is 1. The minimum absolute atomic E-state index is 0.00296. The van der Waals surface area contributed by atoms with Crippen LogP contribution < -0.4 is 5.32 Å². The number of likely N-dealkylation sites (tertiary alicyclic amines) is 1. The number of hydrogen-bond acceptors (Lipinski definition) is 4. The fourth-order valence-corrected chi connectivity index (χ4v) is 2.03. The zero-order valence-electron chi connectivity index (χ0n) is 9.03. The molecule has 2 N–H and O–H groups in total. The van der Waals surface area contributed by atoms with Gasteiger partial charge in [-0.25, -0.2) is 0 Å². The first-order valence-electron chi connectivity index (χ1n) is 5.39. The van der Waals surface area contributed by atoms with Crippen molar-refractivity contribution in [3.05, 3.63) is 0 Å². The van der Waals surface area contributed by atoms with E-state index in [4.69, 9.17) is 4.74 Å². The Balaban J connectivity index is 1.73. The number of rotatable bonds is 2. The summed E-state index contributed by atoms with van der Waals surface area (Å²) >= 11 is 0. The van der Waals surface area contributed by atoms with E-state index in [0.717, 1.165) is 13.1 Å². The van der Waals surface area contributed by atoms with Gasteiger partial charge >= 0.3 is 0 Å². The van der Waals surface area contributed by atoms with Gasteiger partial charge in [0.25, 0.3) is 0 Å². The maximum atomic E-state index is 11.7. The summed E-state index contributed by atoms with van der Waals surface area (Å²) in [5, 5.41) is 12.7. The van der Waals surface area contributed by atoms with Crippen molar-refractivity contribution in [1.29, 1.82) is 0 Å². The van der Waals surface area contributed by atoms with Crippen molar-refractivity contribution in [3.8, 4) is 0 Å². The quantitative estimate of drug-likeness (QED) is 0.616. The minimum atomic E-state index is -0.679. The van der Waals surface area contributed by atoms with Crippen LogP contribution in [-0.2, 0) is 9.53 Å². The standard InChI is InChI=1S/C10H18N2O3/c1-10(14)6-12(7-10)9(13)4-8-5-11-2-3-15-8/h8,11,14H,2-7H2,1H3. The van der Waals surface area contributed by atoms with E-state index in [9.17, 15) is 9.90 Å². The lowest BCUT2D eigenvalue weighted by atomic mass is 9.96. The molecule has 2 heterocycles. The Labute approximate surface area is 89.4 Å². The number of hydrogen-bond donors (Lipinski definition) is 2. The number of nitrogens with zero attached hydrogens (tertiary/aromatic N) is 1. The fraction of sp³-hybridized carbons (Fsp3) is 0.900. The summed E-state index contributed by atoms with van der Waals surface area (Å²) in [6, 6.07) is 0. The van der Waals surface area contributed by atoms with Crippen LogP contribution in [0.15, 0.2) is 0 Å². The molecule has 0 bridgehead atoms. The number of β-amino-alcohol motifs (C(OH)–C–C–N with tert-alkyl or cyclic N) is 1. The predicted molar refractivity (Wildman–Crippen MR) is 54.4 cm³/mol. The van der Waals surface area contributed by atoms with E-state index < -0.39 is 5.60 Å². The largest absolute Gasteiger partial charge is 0.386 e. The van der Waals surface area contributed by atoms with Gasteiger partial charge in [0.05, 0.1) is 37.8 Å². The van der Waals surface area contributed by atoms with Gasteiger partial charge < -0.3 is 20.1 Å². The lowest BCUT2D eigenvalue weighted by Gasteiger charge is -2.44. The molecule has 1 atom stereocenters. The van der Waals surface area contributed by atoms with Crippen molar-refractivity contribution in [3.63, 3.8) is 0 Å². The van der Waals surface area contributed by atoms with Gasteiger partial charge in [0, 0.05) is 13.1 Å². The van der Waals surface area contributed by atoms with Crippen LogP contribution in [0.4, 0.5) is 0 Å². The van der Waals surface area contributed by atoms with Crippen LogP contribution in [0.3, 0.4) is 0 Å². The molecule has 0 aromatic carbocycles. The number of carbonyl (C=O) groups excluding carboxylic acids is 1. The molecular weight excluding hydrogens is 196 g/mol. The van der Waals surface area contributed by atoms with E-state index in [0.29, 0.717) is 26.1 Å². The first kappa shape index (κ1) is 10.9. The molecule has 0 aromatic heterocycles. The number of carbonyl (C=O) groups is 1. The third kappa shape index (κ3) is 2.68. The van der Waals surface area contributed by atoms with Crippen LogP contribution in [0.5, 0.6) is 0 Å². The summed E-state index contributed by atoms with van der Waals surface area (Å²) < 4.78 is 5.45. The second kappa shape index (κ2) is 4.08. The van der Waals surface area contributed by atoms with Crippen LogP contribution in [0, 0.1) is 0 Å². The molecule has 0 aromatic rings. The molecule has 5 nitrogen and oxygen atoms in total. The zero-order valence-corrected chi connectivity index (χ0v) is 9.03. The van der Waals surface area contributed by atoms with E-state index >= 15 is 0 Å². The molecule has 2 aliphatic rings. The molecule has 0 radical (unpaired) electrons. The number of amides is 1. The topological polar surface area (TPSA) is 61.8 Å². The Bertz CT molecular complexity index is 241. The molecule has 2 rings (SSSR count). The van der Waals surface area contributed by atoms with Crippen molar-refractivity contribution < 1.29 is 14.6 Å². The van der Waals surface area contributed by atoms with Crippen molar-refractivity contribution in [2.24, 2.45) is 0 Å². The highest BCUT2D eigenvalue weighted by Gasteiger charge is 2.39. The minimum Gasteiger partial charge on any atom is -0.386 e. The number of morpholine rings is 1. The summed E-state index contributed by atoms with van der Waals surface area (Å²) in [5.74, 6) is 0.0789. The Hall–Kier alpha value is -0.650. The molecule has 0 spiro atoms. The maximum Gasteiger partial charge on any atom is 0.225 e. The molecule has 0 saturated carbocycles. The zero-order chi connectivity index (χ0) is 10.9. The van der Waals surface area contributed by atoms with Gasteiger partial charge in [0.2, 0.25) is 5.91 Å². The summed E-state index contributed by atoms with van der Waals surface area (Å²) in [6.45, 7) is 4.93. The van der Waals surface area contributed by atoms with Gasteiger partial charge in [-0.3, -0.25) is 4.79 Å². The summed E-state index contributed by atoms with van der Waals surface area (Å²) in [4.78, 5) is 13.4. The lowest BCUT2D eigenvalue weighted by Crippen LogP contribution is -2.62. The monoisotopic (exact) mass is 214 g/mol. The summed E-state index contributed by atoms with van der Waals surface area (Å²) in [5.41, 5.74) is -0.679. The van der Waals surface area contributed by atoms with Crippen LogP contribution in [0.2, 0.25) is 0 Å². The van der Waals surface area contributed by atoms with Gasteiger partial charge in [-0.05, 0) is 6.92 Å². The molecule has 86 valence electrons. The Morgan fingerprint density at radius 3 is 2.93 bits per heavy atom. The fourth-order valence-electron chi connectivity index (χ4n) is 2.03. The van der Waals surface area contributed by atoms with E-state index in [1.807, 2.05) is 0 Å². The van der Waals surface area contributed by atoms with Crippen LogP contribution in [0.1, 0.15) is 13.3 Å². The van der Waals surface area contributed by atoms with Crippen molar-refractivity contribution in [1.82, 2.24) is 10.2 Å². The van der Waals surface area contributed by atoms with Crippen molar-refractivity contribution in [2.75, 3.05) is 32.8 Å². The van der Waals surface area contributed by atoms with Gasteiger partial charge in [-0.2, -0.15) is 0 Å². The lowest BCUT2D eigenvalue weighted by molar-refractivity contribution is -0.155. The first-order valence-corrected chi connectivity index (χ1v) is 5.39. The molecule has 2 aliphatic heterocycles. The smallest absolute Gasteiger partial charge is 0.225 e. The Morgan fingerprint density at radius 2 is 2.40 bits per heavy atom. The highest BCUT2D eigenvalue weighted by molar-refractivity contribution is 5.78. The van der Waals surface area contributed by atoms with Crippen molar-refractivity contribution in [2.45, 2.75) is 25.0 Å². The van der Waals surface area contributed by atoms with E-state index in [1.54, 1.807) is 11.8 Å². The van der Waals surface area contributed by atoms with Gasteiger partial charge in [0.1, 0.15) is 0 Å². The normalized spacial score (nSPS) is 29.7. The van der Waals surface area contributed by atoms with E-state index in [1.165, 1.54) is 0 Å². The molecule has 5 heteroatoms. The molecule has 2 fully saturated rings. The Kier molecular flexibility index (Phi) is 2.95.